The van der Waals surface area contributed by atoms with Crippen molar-refractivity contribution in [1.29, 1.82) is 0 Å². The Morgan fingerprint density at radius 3 is 2.76 bits per heavy atom. The third-order valence-electron chi connectivity index (χ3n) is 3.56. The third-order valence-corrected chi connectivity index (χ3v) is 5.04. The molecule has 0 saturated heterocycles. The molecular formula is C17H20BrIN2. The fraction of sp³-hybridized carbons (Fsp3) is 0.353. The molecule has 1 N–H and O–H groups in total. The van der Waals surface area contributed by atoms with E-state index in [-0.39, 0.29) is 6.04 Å². The van der Waals surface area contributed by atoms with Crippen molar-refractivity contribution in [2.24, 2.45) is 0 Å². The molecule has 112 valence electrons. The van der Waals surface area contributed by atoms with Crippen molar-refractivity contribution in [1.82, 2.24) is 10.3 Å². The van der Waals surface area contributed by atoms with Crippen LogP contribution in [0.3, 0.4) is 0 Å². The highest BCUT2D eigenvalue weighted by Gasteiger charge is 2.23. The van der Waals surface area contributed by atoms with Gasteiger partial charge in [0.1, 0.15) is 0 Å². The number of hydrogen-bond donors (Lipinski definition) is 1. The molecule has 0 aliphatic heterocycles. The second-order valence-electron chi connectivity index (χ2n) is 5.14. The molecule has 0 saturated carbocycles. The van der Waals surface area contributed by atoms with Gasteiger partial charge in [-0.1, -0.05) is 35.8 Å². The Hall–Kier alpha value is -0.460. The molecule has 2 rings (SSSR count). The second-order valence-corrected chi connectivity index (χ2v) is 7.22. The quantitative estimate of drug-likeness (QED) is 0.594. The van der Waals surface area contributed by atoms with Crippen LogP contribution in [0.5, 0.6) is 0 Å². The molecule has 2 nitrogen and oxygen atoms in total. The zero-order valence-corrected chi connectivity index (χ0v) is 16.1. The molecule has 1 aromatic carbocycles. The highest BCUT2D eigenvalue weighted by atomic mass is 127. The molecule has 21 heavy (non-hydrogen) atoms. The van der Waals surface area contributed by atoms with E-state index in [1.807, 2.05) is 12.3 Å². The Labute approximate surface area is 149 Å². The summed E-state index contributed by atoms with van der Waals surface area (Å²) in [6.45, 7) is 5.44. The molecule has 4 heteroatoms. The van der Waals surface area contributed by atoms with Crippen molar-refractivity contribution in [3.63, 3.8) is 0 Å². The smallest absolute Gasteiger partial charge is 0.0450 e. The summed E-state index contributed by atoms with van der Waals surface area (Å²) in [4.78, 5) is 4.53. The van der Waals surface area contributed by atoms with Gasteiger partial charge in [-0.05, 0) is 71.5 Å². The molecule has 0 bridgehead atoms. The van der Waals surface area contributed by atoms with Gasteiger partial charge in [0.05, 0.1) is 0 Å². The van der Waals surface area contributed by atoms with Gasteiger partial charge < -0.3 is 5.32 Å². The van der Waals surface area contributed by atoms with Crippen molar-refractivity contribution < 1.29 is 0 Å². The van der Waals surface area contributed by atoms with Crippen LogP contribution in [0.25, 0.3) is 0 Å². The molecule has 0 spiro atoms. The predicted molar refractivity (Wildman–Crippen MR) is 101 cm³/mol. The van der Waals surface area contributed by atoms with Crippen LogP contribution in [-0.2, 0) is 0 Å². The second kappa shape index (κ2) is 8.25. The Balaban J connectivity index is 2.36. The Bertz CT molecular complexity index is 574. The molecule has 2 aromatic rings. The summed E-state index contributed by atoms with van der Waals surface area (Å²) >= 11 is 6.01. The summed E-state index contributed by atoms with van der Waals surface area (Å²) in [6, 6.07) is 12.9. The normalized spacial score (nSPS) is 13.9. The van der Waals surface area contributed by atoms with Crippen LogP contribution >= 0.6 is 38.5 Å². The molecule has 0 aliphatic rings. The summed E-state index contributed by atoms with van der Waals surface area (Å²) in [6.07, 6.45) is 2.99. The van der Waals surface area contributed by atoms with Gasteiger partial charge in [-0.2, -0.15) is 0 Å². The molecule has 2 unspecified atom stereocenters. The van der Waals surface area contributed by atoms with Gasteiger partial charge in [-0.15, -0.1) is 0 Å². The third kappa shape index (κ3) is 4.50. The summed E-state index contributed by atoms with van der Waals surface area (Å²) in [5.74, 6) is 0.320. The minimum absolute atomic E-state index is 0.268. The minimum Gasteiger partial charge on any atom is -0.309 e. The topological polar surface area (TPSA) is 24.9 Å². The molecular weight excluding hydrogens is 439 g/mol. The van der Waals surface area contributed by atoms with Gasteiger partial charge in [-0.3, -0.25) is 4.98 Å². The van der Waals surface area contributed by atoms with E-state index in [1.165, 1.54) is 9.13 Å². The SMILES string of the molecule is CCCNC(c1cc(Br)ccc1I)C(C)c1ccccn1. The van der Waals surface area contributed by atoms with Crippen LogP contribution in [-0.4, -0.2) is 11.5 Å². The van der Waals surface area contributed by atoms with Gasteiger partial charge >= 0.3 is 0 Å². The lowest BCUT2D eigenvalue weighted by molar-refractivity contribution is 0.458. The van der Waals surface area contributed by atoms with E-state index < -0.39 is 0 Å². The van der Waals surface area contributed by atoms with Crippen LogP contribution in [0, 0.1) is 3.57 Å². The summed E-state index contributed by atoms with van der Waals surface area (Å²) in [5, 5.41) is 3.69. The first-order chi connectivity index (χ1) is 10.1. The van der Waals surface area contributed by atoms with E-state index in [1.54, 1.807) is 0 Å². The van der Waals surface area contributed by atoms with Gasteiger partial charge in [-0.25, -0.2) is 0 Å². The van der Waals surface area contributed by atoms with Gasteiger partial charge in [0.25, 0.3) is 0 Å². The van der Waals surface area contributed by atoms with Gasteiger partial charge in [0.15, 0.2) is 0 Å². The largest absolute Gasteiger partial charge is 0.309 e. The Morgan fingerprint density at radius 2 is 2.10 bits per heavy atom. The summed E-state index contributed by atoms with van der Waals surface area (Å²) < 4.78 is 2.40. The Kier molecular flexibility index (Phi) is 6.64. The van der Waals surface area contributed by atoms with Crippen molar-refractivity contribution >= 4 is 38.5 Å². The van der Waals surface area contributed by atoms with Crippen molar-refractivity contribution in [2.45, 2.75) is 32.2 Å². The average Bonchev–Trinajstić information content (AvgIpc) is 2.51. The lowest BCUT2D eigenvalue weighted by atomic mass is 9.91. The summed E-state index contributed by atoms with van der Waals surface area (Å²) in [5.41, 5.74) is 2.46. The number of benzene rings is 1. The number of nitrogens with one attached hydrogen (secondary N) is 1. The zero-order chi connectivity index (χ0) is 15.2. The maximum Gasteiger partial charge on any atom is 0.0450 e. The van der Waals surface area contributed by atoms with Crippen molar-refractivity contribution in [3.8, 4) is 0 Å². The van der Waals surface area contributed by atoms with Crippen LogP contribution in [0.2, 0.25) is 0 Å². The zero-order valence-electron chi connectivity index (χ0n) is 12.3. The Morgan fingerprint density at radius 1 is 1.29 bits per heavy atom. The lowest BCUT2D eigenvalue weighted by Crippen LogP contribution is -2.27. The number of aromatic nitrogens is 1. The molecule has 0 amide bonds. The van der Waals surface area contributed by atoms with Crippen molar-refractivity contribution in [2.75, 3.05) is 6.54 Å². The average molecular weight is 459 g/mol. The molecule has 1 heterocycles. The fourth-order valence-electron chi connectivity index (χ4n) is 2.42. The number of rotatable bonds is 6. The van der Waals surface area contributed by atoms with Crippen LogP contribution < -0.4 is 5.32 Å². The van der Waals surface area contributed by atoms with E-state index >= 15 is 0 Å². The fourth-order valence-corrected chi connectivity index (χ4v) is 3.47. The maximum absolute atomic E-state index is 4.53. The first-order valence-corrected chi connectivity index (χ1v) is 9.10. The molecule has 2 atom stereocenters. The van der Waals surface area contributed by atoms with Crippen LogP contribution in [0.15, 0.2) is 47.1 Å². The van der Waals surface area contributed by atoms with E-state index in [4.69, 9.17) is 0 Å². The van der Waals surface area contributed by atoms with Gasteiger partial charge in [0, 0.05) is 31.9 Å². The van der Waals surface area contributed by atoms with E-state index in [9.17, 15) is 0 Å². The first kappa shape index (κ1) is 16.9. The van der Waals surface area contributed by atoms with E-state index in [0.717, 1.165) is 23.1 Å². The number of halogens is 2. The first-order valence-electron chi connectivity index (χ1n) is 7.22. The molecule has 0 fully saturated rings. The van der Waals surface area contributed by atoms with Crippen molar-refractivity contribution in [3.05, 3.63) is 61.9 Å². The van der Waals surface area contributed by atoms with Gasteiger partial charge in [0.2, 0.25) is 0 Å². The summed E-state index contributed by atoms with van der Waals surface area (Å²) in [7, 11) is 0. The lowest BCUT2D eigenvalue weighted by Gasteiger charge is -2.26. The maximum atomic E-state index is 4.53. The standard InChI is InChI=1S/C17H20BrIN2/c1-3-9-21-17(12(2)16-6-4-5-10-20-16)14-11-13(18)7-8-15(14)19/h4-8,10-12,17,21H,3,9H2,1-2H3. The number of pyridine rings is 1. The van der Waals surface area contributed by atoms with Crippen LogP contribution in [0.1, 0.15) is 43.5 Å². The predicted octanol–water partition coefficient (Wildman–Crippen LogP) is 5.29. The molecule has 1 aromatic heterocycles. The number of hydrogen-bond acceptors (Lipinski definition) is 2. The highest BCUT2D eigenvalue weighted by molar-refractivity contribution is 14.1. The van der Waals surface area contributed by atoms with Crippen LogP contribution in [0.4, 0.5) is 0 Å². The highest BCUT2D eigenvalue weighted by Crippen LogP contribution is 2.33. The monoisotopic (exact) mass is 458 g/mol. The van der Waals surface area contributed by atoms with E-state index in [0.29, 0.717) is 5.92 Å². The molecule has 0 radical (unpaired) electrons. The molecule has 0 aliphatic carbocycles. The number of nitrogens with zero attached hydrogens (tertiary/aromatic N) is 1. The minimum atomic E-state index is 0.268. The van der Waals surface area contributed by atoms with E-state index in [2.05, 4.69) is 93.0 Å².